The van der Waals surface area contributed by atoms with Gasteiger partial charge in [-0.25, -0.2) is 0 Å². The average Bonchev–Trinajstić information content (AvgIpc) is 3.08. The molecule has 3 aromatic rings. The fourth-order valence-electron chi connectivity index (χ4n) is 2.23. The monoisotopic (exact) mass is 295 g/mol. The first kappa shape index (κ1) is 13.9. The molecule has 3 rings (SSSR count). The number of nitrogens with two attached hydrogens (primary N) is 1. The maximum absolute atomic E-state index is 6.36. The first-order valence-electron chi connectivity index (χ1n) is 6.89. The average molecular weight is 295 g/mol. The second kappa shape index (κ2) is 6.57. The predicted molar refractivity (Wildman–Crippen MR) is 87.6 cm³/mol. The van der Waals surface area contributed by atoms with Crippen LogP contribution in [0.1, 0.15) is 22.0 Å². The third kappa shape index (κ3) is 3.32. The van der Waals surface area contributed by atoms with Crippen LogP contribution in [-0.2, 0) is 6.61 Å². The molecule has 0 aliphatic rings. The number of rotatable bonds is 5. The normalized spacial score (nSPS) is 12.0. The summed E-state index contributed by atoms with van der Waals surface area (Å²) in [4.78, 5) is 1.14. The molecule has 2 nitrogen and oxygen atoms in total. The van der Waals surface area contributed by atoms with Gasteiger partial charge in [-0.05, 0) is 23.1 Å². The van der Waals surface area contributed by atoms with Gasteiger partial charge in [0.05, 0.1) is 6.04 Å². The molecule has 2 N–H and O–H groups in total. The summed E-state index contributed by atoms with van der Waals surface area (Å²) in [6.07, 6.45) is 0. The Morgan fingerprint density at radius 1 is 0.905 bits per heavy atom. The Kier molecular flexibility index (Phi) is 4.34. The molecule has 0 fully saturated rings. The zero-order valence-corrected chi connectivity index (χ0v) is 12.4. The number of hydrogen-bond acceptors (Lipinski definition) is 3. The molecule has 0 spiro atoms. The van der Waals surface area contributed by atoms with E-state index >= 15 is 0 Å². The van der Waals surface area contributed by atoms with Crippen LogP contribution in [0.15, 0.2) is 72.1 Å². The van der Waals surface area contributed by atoms with E-state index in [1.54, 1.807) is 11.3 Å². The van der Waals surface area contributed by atoms with E-state index in [1.165, 1.54) is 0 Å². The van der Waals surface area contributed by atoms with Gasteiger partial charge in [-0.1, -0.05) is 54.6 Å². The molecule has 0 aliphatic heterocycles. The van der Waals surface area contributed by atoms with Gasteiger partial charge in [0.15, 0.2) is 0 Å². The van der Waals surface area contributed by atoms with Crippen molar-refractivity contribution >= 4 is 11.3 Å². The van der Waals surface area contributed by atoms with Crippen LogP contribution in [0.4, 0.5) is 0 Å². The van der Waals surface area contributed by atoms with Crippen molar-refractivity contribution in [1.29, 1.82) is 0 Å². The third-order valence-electron chi connectivity index (χ3n) is 3.34. The van der Waals surface area contributed by atoms with Crippen molar-refractivity contribution in [2.45, 2.75) is 12.6 Å². The number of hydrogen-bond donors (Lipinski definition) is 1. The van der Waals surface area contributed by atoms with Crippen LogP contribution < -0.4 is 10.5 Å². The van der Waals surface area contributed by atoms with Gasteiger partial charge >= 0.3 is 0 Å². The summed E-state index contributed by atoms with van der Waals surface area (Å²) in [5, 5.41) is 2.04. The SMILES string of the molecule is N[C@@H](c1cccs1)c1ccccc1OCc1ccccc1. The molecule has 1 aromatic heterocycles. The Morgan fingerprint density at radius 3 is 2.43 bits per heavy atom. The fraction of sp³-hybridized carbons (Fsp3) is 0.111. The van der Waals surface area contributed by atoms with Gasteiger partial charge in [-0.2, -0.15) is 0 Å². The van der Waals surface area contributed by atoms with Crippen LogP contribution in [0.5, 0.6) is 5.75 Å². The Labute approximate surface area is 128 Å². The second-order valence-corrected chi connectivity index (χ2v) is 5.78. The van der Waals surface area contributed by atoms with E-state index in [4.69, 9.17) is 10.5 Å². The Bertz CT molecular complexity index is 679. The van der Waals surface area contributed by atoms with E-state index in [9.17, 15) is 0 Å². The lowest BCUT2D eigenvalue weighted by Crippen LogP contribution is -2.12. The Morgan fingerprint density at radius 2 is 1.67 bits per heavy atom. The fourth-order valence-corrected chi connectivity index (χ4v) is 2.97. The van der Waals surface area contributed by atoms with Gasteiger partial charge in [-0.15, -0.1) is 11.3 Å². The van der Waals surface area contributed by atoms with Crippen LogP contribution in [0, 0.1) is 0 Å². The maximum atomic E-state index is 6.36. The van der Waals surface area contributed by atoms with E-state index in [0.29, 0.717) is 6.61 Å². The number of benzene rings is 2. The Balaban J connectivity index is 1.80. The van der Waals surface area contributed by atoms with E-state index in [-0.39, 0.29) is 6.04 Å². The molecule has 0 saturated heterocycles. The minimum atomic E-state index is -0.142. The van der Waals surface area contributed by atoms with Crippen LogP contribution in [0.2, 0.25) is 0 Å². The topological polar surface area (TPSA) is 35.2 Å². The number of thiophene rings is 1. The summed E-state index contributed by atoms with van der Waals surface area (Å²) >= 11 is 1.67. The molecule has 0 radical (unpaired) electrons. The van der Waals surface area contributed by atoms with Crippen LogP contribution in [0.25, 0.3) is 0 Å². The molecular formula is C18H17NOS. The molecule has 1 atom stereocenters. The molecule has 1 heterocycles. The molecule has 0 saturated carbocycles. The summed E-state index contributed by atoms with van der Waals surface area (Å²) in [6.45, 7) is 0.551. The minimum absolute atomic E-state index is 0.142. The summed E-state index contributed by atoms with van der Waals surface area (Å²) in [5.41, 5.74) is 8.53. The highest BCUT2D eigenvalue weighted by atomic mass is 32.1. The van der Waals surface area contributed by atoms with Crippen molar-refractivity contribution in [1.82, 2.24) is 0 Å². The molecule has 3 heteroatoms. The van der Waals surface area contributed by atoms with Gasteiger partial charge in [0.25, 0.3) is 0 Å². The second-order valence-electron chi connectivity index (χ2n) is 4.81. The van der Waals surface area contributed by atoms with E-state index in [1.807, 2.05) is 53.9 Å². The molecule has 0 unspecified atom stereocenters. The van der Waals surface area contributed by atoms with Gasteiger partial charge in [0, 0.05) is 10.4 Å². The standard InChI is InChI=1S/C18H17NOS/c19-18(17-11-6-12-21-17)15-9-4-5-10-16(15)20-13-14-7-2-1-3-8-14/h1-12,18H,13,19H2/t18-/m1/s1. The molecule has 21 heavy (non-hydrogen) atoms. The van der Waals surface area contributed by atoms with Gasteiger partial charge in [0.2, 0.25) is 0 Å². The molecular weight excluding hydrogens is 278 g/mol. The molecule has 2 aromatic carbocycles. The van der Waals surface area contributed by atoms with Crippen molar-refractivity contribution in [3.05, 3.63) is 88.1 Å². The first-order valence-corrected chi connectivity index (χ1v) is 7.77. The lowest BCUT2D eigenvalue weighted by atomic mass is 10.1. The zero-order chi connectivity index (χ0) is 14.5. The Hall–Kier alpha value is -2.10. The highest BCUT2D eigenvalue weighted by molar-refractivity contribution is 7.10. The highest BCUT2D eigenvalue weighted by Gasteiger charge is 2.14. The zero-order valence-electron chi connectivity index (χ0n) is 11.6. The molecule has 0 amide bonds. The van der Waals surface area contributed by atoms with Crippen molar-refractivity contribution < 1.29 is 4.74 Å². The quantitative estimate of drug-likeness (QED) is 0.758. The lowest BCUT2D eigenvalue weighted by Gasteiger charge is -2.16. The van der Waals surface area contributed by atoms with Crippen LogP contribution in [-0.4, -0.2) is 0 Å². The van der Waals surface area contributed by atoms with Gasteiger partial charge in [0.1, 0.15) is 12.4 Å². The van der Waals surface area contributed by atoms with Crippen LogP contribution >= 0.6 is 11.3 Å². The third-order valence-corrected chi connectivity index (χ3v) is 4.30. The lowest BCUT2D eigenvalue weighted by molar-refractivity contribution is 0.302. The van der Waals surface area contributed by atoms with E-state index < -0.39 is 0 Å². The van der Waals surface area contributed by atoms with Crippen molar-refractivity contribution in [2.24, 2.45) is 5.73 Å². The highest BCUT2D eigenvalue weighted by Crippen LogP contribution is 2.30. The van der Waals surface area contributed by atoms with Gasteiger partial charge < -0.3 is 10.5 Å². The number of ether oxygens (including phenoxy) is 1. The molecule has 106 valence electrons. The van der Waals surface area contributed by atoms with E-state index in [2.05, 4.69) is 18.2 Å². The summed E-state index contributed by atoms with van der Waals surface area (Å²) < 4.78 is 5.97. The maximum Gasteiger partial charge on any atom is 0.124 e. The molecule has 0 bridgehead atoms. The first-order chi connectivity index (χ1) is 10.3. The summed E-state index contributed by atoms with van der Waals surface area (Å²) in [6, 6.07) is 22.1. The summed E-state index contributed by atoms with van der Waals surface area (Å²) in [5.74, 6) is 0.849. The largest absolute Gasteiger partial charge is 0.489 e. The van der Waals surface area contributed by atoms with E-state index in [0.717, 1.165) is 21.8 Å². The summed E-state index contributed by atoms with van der Waals surface area (Å²) in [7, 11) is 0. The molecule has 0 aliphatic carbocycles. The van der Waals surface area contributed by atoms with Crippen molar-refractivity contribution in [2.75, 3.05) is 0 Å². The minimum Gasteiger partial charge on any atom is -0.489 e. The van der Waals surface area contributed by atoms with Crippen molar-refractivity contribution in [3.63, 3.8) is 0 Å². The number of para-hydroxylation sites is 1. The predicted octanol–water partition coefficient (Wildman–Crippen LogP) is 4.38. The van der Waals surface area contributed by atoms with Crippen LogP contribution in [0.3, 0.4) is 0 Å². The van der Waals surface area contributed by atoms with Crippen molar-refractivity contribution in [3.8, 4) is 5.75 Å². The van der Waals surface area contributed by atoms with Gasteiger partial charge in [-0.3, -0.25) is 0 Å². The smallest absolute Gasteiger partial charge is 0.124 e.